The van der Waals surface area contributed by atoms with Crippen LogP contribution < -0.4 is 5.32 Å². The summed E-state index contributed by atoms with van der Waals surface area (Å²) in [6.07, 6.45) is 6.67. The van der Waals surface area contributed by atoms with Crippen LogP contribution in [0.4, 0.5) is 0 Å². The van der Waals surface area contributed by atoms with E-state index in [1.165, 1.54) is 31.5 Å². The van der Waals surface area contributed by atoms with Gasteiger partial charge in [0.05, 0.1) is 12.7 Å². The minimum Gasteiger partial charge on any atom is -0.312 e. The lowest BCUT2D eigenvalue weighted by atomic mass is 9.90. The maximum atomic E-state index is 4.31. The van der Waals surface area contributed by atoms with Crippen LogP contribution in [0.3, 0.4) is 0 Å². The van der Waals surface area contributed by atoms with Crippen molar-refractivity contribution in [3.63, 3.8) is 0 Å². The van der Waals surface area contributed by atoms with E-state index in [1.807, 2.05) is 10.9 Å². The number of nitrogens with one attached hydrogen (secondary N) is 1. The molecule has 1 aromatic heterocycles. The van der Waals surface area contributed by atoms with E-state index in [0.717, 1.165) is 19.0 Å². The van der Waals surface area contributed by atoms with Crippen molar-refractivity contribution in [1.82, 2.24) is 20.0 Å². The Balaban J connectivity index is 1.67. The van der Waals surface area contributed by atoms with E-state index in [-0.39, 0.29) is 0 Å². The molecule has 0 amide bonds. The fraction of sp³-hybridized carbons (Fsp3) is 0.786. The molecule has 2 heterocycles. The Morgan fingerprint density at radius 3 is 2.78 bits per heavy atom. The zero-order chi connectivity index (χ0) is 13.0. The van der Waals surface area contributed by atoms with Crippen LogP contribution in [0.1, 0.15) is 25.3 Å². The highest BCUT2D eigenvalue weighted by molar-refractivity contribution is 4.99. The van der Waals surface area contributed by atoms with E-state index in [9.17, 15) is 0 Å². The fourth-order valence-corrected chi connectivity index (χ4v) is 2.69. The summed E-state index contributed by atoms with van der Waals surface area (Å²) in [5.74, 6) is 0.834. The molecule has 0 aliphatic carbocycles. The largest absolute Gasteiger partial charge is 0.312 e. The summed E-state index contributed by atoms with van der Waals surface area (Å²) in [7, 11) is 2.22. The molecule has 1 aliphatic heterocycles. The highest BCUT2D eigenvalue weighted by atomic mass is 15.3. The smallest absolute Gasteiger partial charge is 0.0534 e. The van der Waals surface area contributed by atoms with Crippen molar-refractivity contribution in [2.24, 2.45) is 5.92 Å². The highest BCUT2D eigenvalue weighted by Crippen LogP contribution is 2.19. The van der Waals surface area contributed by atoms with Crippen LogP contribution >= 0.6 is 0 Å². The number of rotatable bonds is 5. The number of aromatic nitrogens is 2. The lowest BCUT2D eigenvalue weighted by molar-refractivity contribution is 0.189. The lowest BCUT2D eigenvalue weighted by Crippen LogP contribution is -2.41. The van der Waals surface area contributed by atoms with Gasteiger partial charge in [0.2, 0.25) is 0 Å². The number of nitrogens with zero attached hydrogens (tertiary/aromatic N) is 3. The van der Waals surface area contributed by atoms with E-state index in [0.29, 0.717) is 6.04 Å². The summed E-state index contributed by atoms with van der Waals surface area (Å²) < 4.78 is 2.02. The normalized spacial score (nSPS) is 20.2. The fourth-order valence-electron chi connectivity index (χ4n) is 2.69. The topological polar surface area (TPSA) is 33.1 Å². The highest BCUT2D eigenvalue weighted by Gasteiger charge is 2.21. The van der Waals surface area contributed by atoms with Crippen molar-refractivity contribution >= 4 is 0 Å². The van der Waals surface area contributed by atoms with Gasteiger partial charge in [0.15, 0.2) is 0 Å². The van der Waals surface area contributed by atoms with Crippen LogP contribution in [-0.4, -0.2) is 47.4 Å². The Kier molecular flexibility index (Phi) is 4.78. The first kappa shape index (κ1) is 13.6. The van der Waals surface area contributed by atoms with E-state index in [4.69, 9.17) is 0 Å². The van der Waals surface area contributed by atoms with Crippen molar-refractivity contribution in [1.29, 1.82) is 0 Å². The summed E-state index contributed by atoms with van der Waals surface area (Å²) in [5.41, 5.74) is 1.23. The van der Waals surface area contributed by atoms with Gasteiger partial charge >= 0.3 is 0 Å². The molecule has 18 heavy (non-hydrogen) atoms. The molecular weight excluding hydrogens is 224 g/mol. The third-order valence-electron chi connectivity index (χ3n) is 4.04. The van der Waals surface area contributed by atoms with E-state index in [2.05, 4.69) is 42.4 Å². The SMILES string of the molecule is Cc1cnn(CCNC(C)C2CCN(C)CC2)c1. The average molecular weight is 250 g/mol. The van der Waals surface area contributed by atoms with E-state index < -0.39 is 0 Å². The Labute approximate surface area is 110 Å². The summed E-state index contributed by atoms with van der Waals surface area (Å²) in [4.78, 5) is 2.43. The second kappa shape index (κ2) is 6.34. The molecule has 1 aromatic rings. The first-order valence-electron chi connectivity index (χ1n) is 7.06. The van der Waals surface area contributed by atoms with Gasteiger partial charge in [-0.2, -0.15) is 5.10 Å². The molecule has 2 rings (SSSR count). The Hall–Kier alpha value is -0.870. The first-order valence-corrected chi connectivity index (χ1v) is 7.06. The Bertz CT molecular complexity index is 352. The molecule has 0 radical (unpaired) electrons. The van der Waals surface area contributed by atoms with Gasteiger partial charge in [-0.25, -0.2) is 0 Å². The van der Waals surface area contributed by atoms with Crippen LogP contribution in [-0.2, 0) is 6.54 Å². The third kappa shape index (κ3) is 3.82. The summed E-state index contributed by atoms with van der Waals surface area (Å²) in [5, 5.41) is 7.95. The molecule has 1 aliphatic rings. The van der Waals surface area contributed by atoms with Gasteiger partial charge in [-0.05, 0) is 58.3 Å². The predicted octanol–water partition coefficient (Wildman–Crippen LogP) is 1.51. The van der Waals surface area contributed by atoms with Crippen molar-refractivity contribution in [3.8, 4) is 0 Å². The van der Waals surface area contributed by atoms with E-state index in [1.54, 1.807) is 0 Å². The molecule has 4 heteroatoms. The van der Waals surface area contributed by atoms with Gasteiger partial charge in [-0.15, -0.1) is 0 Å². The summed E-state index contributed by atoms with van der Waals surface area (Å²) in [6, 6.07) is 0.621. The zero-order valence-electron chi connectivity index (χ0n) is 11.9. The molecule has 0 bridgehead atoms. The molecule has 1 unspecified atom stereocenters. The van der Waals surface area contributed by atoms with Gasteiger partial charge in [0.1, 0.15) is 0 Å². The molecule has 1 saturated heterocycles. The second-order valence-corrected chi connectivity index (χ2v) is 5.66. The monoisotopic (exact) mass is 250 g/mol. The zero-order valence-corrected chi connectivity index (χ0v) is 11.9. The third-order valence-corrected chi connectivity index (χ3v) is 4.04. The minimum atomic E-state index is 0.621. The van der Waals surface area contributed by atoms with Gasteiger partial charge in [0, 0.05) is 18.8 Å². The molecule has 1 atom stereocenters. The minimum absolute atomic E-state index is 0.621. The predicted molar refractivity (Wildman–Crippen MR) is 74.6 cm³/mol. The van der Waals surface area contributed by atoms with Crippen LogP contribution in [0, 0.1) is 12.8 Å². The van der Waals surface area contributed by atoms with Crippen LogP contribution in [0.5, 0.6) is 0 Å². The first-order chi connectivity index (χ1) is 8.65. The molecular formula is C14H26N4. The van der Waals surface area contributed by atoms with Crippen molar-refractivity contribution in [2.45, 2.75) is 39.3 Å². The maximum Gasteiger partial charge on any atom is 0.0534 e. The molecule has 1 N–H and O–H groups in total. The standard InChI is InChI=1S/C14H26N4/c1-12-10-16-18(11-12)9-6-15-13(2)14-4-7-17(3)8-5-14/h10-11,13-15H,4-9H2,1-3H3. The number of likely N-dealkylation sites (tertiary alicyclic amines) is 1. The summed E-state index contributed by atoms with van der Waals surface area (Å²) in [6.45, 7) is 8.87. The van der Waals surface area contributed by atoms with Gasteiger partial charge in [-0.3, -0.25) is 4.68 Å². The average Bonchev–Trinajstić information content (AvgIpc) is 2.76. The van der Waals surface area contributed by atoms with Crippen LogP contribution in [0.25, 0.3) is 0 Å². The molecule has 102 valence electrons. The van der Waals surface area contributed by atoms with E-state index >= 15 is 0 Å². The van der Waals surface area contributed by atoms with Crippen molar-refractivity contribution in [3.05, 3.63) is 18.0 Å². The Morgan fingerprint density at radius 1 is 1.44 bits per heavy atom. The summed E-state index contributed by atoms with van der Waals surface area (Å²) >= 11 is 0. The molecule has 0 spiro atoms. The number of hydrogen-bond donors (Lipinski definition) is 1. The molecule has 1 fully saturated rings. The van der Waals surface area contributed by atoms with Gasteiger partial charge in [-0.1, -0.05) is 0 Å². The van der Waals surface area contributed by atoms with Crippen LogP contribution in [0.2, 0.25) is 0 Å². The number of aryl methyl sites for hydroxylation is 1. The molecule has 4 nitrogen and oxygen atoms in total. The maximum absolute atomic E-state index is 4.31. The number of hydrogen-bond acceptors (Lipinski definition) is 3. The van der Waals surface area contributed by atoms with Crippen molar-refractivity contribution in [2.75, 3.05) is 26.7 Å². The van der Waals surface area contributed by atoms with Gasteiger partial charge < -0.3 is 10.2 Å². The Morgan fingerprint density at radius 2 is 2.17 bits per heavy atom. The lowest BCUT2D eigenvalue weighted by Gasteiger charge is -2.33. The molecule has 0 saturated carbocycles. The van der Waals surface area contributed by atoms with Crippen LogP contribution in [0.15, 0.2) is 12.4 Å². The second-order valence-electron chi connectivity index (χ2n) is 5.66. The molecule has 0 aromatic carbocycles. The number of piperidine rings is 1. The van der Waals surface area contributed by atoms with Gasteiger partial charge in [0.25, 0.3) is 0 Å². The van der Waals surface area contributed by atoms with Crippen molar-refractivity contribution < 1.29 is 0 Å². The quantitative estimate of drug-likeness (QED) is 0.860.